The minimum atomic E-state index is -0.814. The number of carbonyl (C=O) groups is 2. The lowest BCUT2D eigenvalue weighted by atomic mass is 9.90. The van der Waals surface area contributed by atoms with E-state index in [0.717, 1.165) is 11.1 Å². The van der Waals surface area contributed by atoms with Crippen molar-refractivity contribution in [3.63, 3.8) is 0 Å². The maximum Gasteiger partial charge on any atom is 0.328 e. The van der Waals surface area contributed by atoms with Crippen molar-refractivity contribution in [1.82, 2.24) is 4.90 Å². The Morgan fingerprint density at radius 1 is 1.19 bits per heavy atom. The van der Waals surface area contributed by atoms with E-state index >= 15 is 0 Å². The Balaban J connectivity index is 2.15. The second-order valence-corrected chi connectivity index (χ2v) is 8.17. The number of morpholine rings is 1. The van der Waals surface area contributed by atoms with Gasteiger partial charge in [-0.25, -0.2) is 4.79 Å². The fourth-order valence-corrected chi connectivity index (χ4v) is 4.14. The first kappa shape index (κ1) is 23.3. The van der Waals surface area contributed by atoms with Crippen molar-refractivity contribution in [2.24, 2.45) is 0 Å². The first-order chi connectivity index (χ1) is 14.9. The van der Waals surface area contributed by atoms with E-state index in [1.54, 1.807) is 43.0 Å². The number of rotatable bonds is 7. The number of hydrogen-bond donors (Lipinski definition) is 0. The summed E-state index contributed by atoms with van der Waals surface area (Å²) in [5.74, 6) is -0.766. The molecule has 0 N–H and O–H groups in total. The molecule has 2 aromatic rings. The van der Waals surface area contributed by atoms with E-state index in [1.165, 1.54) is 0 Å². The minimum Gasteiger partial charge on any atom is -0.464 e. The molecule has 1 fully saturated rings. The monoisotopic (exact) mass is 461 g/mol. The lowest BCUT2D eigenvalue weighted by Crippen LogP contribution is -2.56. The molecule has 1 aliphatic heterocycles. The number of halogens is 2. The smallest absolute Gasteiger partial charge is 0.328 e. The molecule has 1 amide bonds. The van der Waals surface area contributed by atoms with Crippen molar-refractivity contribution in [3.05, 3.63) is 82.4 Å². The predicted molar refractivity (Wildman–Crippen MR) is 121 cm³/mol. The second kappa shape index (κ2) is 10.3. The van der Waals surface area contributed by atoms with E-state index in [1.807, 2.05) is 30.3 Å². The number of hydrogen-bond acceptors (Lipinski definition) is 4. The first-order valence-electron chi connectivity index (χ1n) is 10.1. The summed E-state index contributed by atoms with van der Waals surface area (Å²) in [5, 5.41) is 1.12. The summed E-state index contributed by atoms with van der Waals surface area (Å²) in [6.07, 6.45) is 0.615. The number of ether oxygens (including phenoxy) is 2. The molecule has 0 unspecified atom stereocenters. The number of amides is 1. The average Bonchev–Trinajstić information content (AvgIpc) is 2.75. The van der Waals surface area contributed by atoms with Crippen LogP contribution in [0, 0.1) is 0 Å². The van der Waals surface area contributed by atoms with Crippen molar-refractivity contribution in [3.8, 4) is 0 Å². The Bertz CT molecular complexity index is 947. The van der Waals surface area contributed by atoms with Gasteiger partial charge in [-0.05, 0) is 49.2 Å². The highest BCUT2D eigenvalue weighted by atomic mass is 35.5. The molecule has 3 rings (SSSR count). The molecule has 1 saturated heterocycles. The van der Waals surface area contributed by atoms with Crippen LogP contribution in [0.25, 0.3) is 0 Å². The Labute approximate surface area is 192 Å². The topological polar surface area (TPSA) is 55.8 Å². The Morgan fingerprint density at radius 2 is 1.90 bits per heavy atom. The van der Waals surface area contributed by atoms with Crippen LogP contribution in [0.1, 0.15) is 43.5 Å². The number of nitrogens with zero attached hydrogens (tertiary/aromatic N) is 1. The quantitative estimate of drug-likeness (QED) is 0.401. The summed E-state index contributed by atoms with van der Waals surface area (Å²) in [4.78, 5) is 27.7. The van der Waals surface area contributed by atoms with Gasteiger partial charge in [-0.3, -0.25) is 4.79 Å². The summed E-state index contributed by atoms with van der Waals surface area (Å²) in [6.45, 7) is 7.37. The van der Waals surface area contributed by atoms with Crippen molar-refractivity contribution in [1.29, 1.82) is 0 Å². The molecule has 0 bridgehead atoms. The molecule has 2 aromatic carbocycles. The average molecular weight is 462 g/mol. The molecule has 0 spiro atoms. The van der Waals surface area contributed by atoms with E-state index in [0.29, 0.717) is 16.5 Å². The third-order valence-corrected chi connectivity index (χ3v) is 5.73. The van der Waals surface area contributed by atoms with Crippen molar-refractivity contribution in [2.45, 2.75) is 44.6 Å². The van der Waals surface area contributed by atoms with Gasteiger partial charge in [0, 0.05) is 16.5 Å². The van der Waals surface area contributed by atoms with Crippen molar-refractivity contribution < 1.29 is 19.1 Å². The van der Waals surface area contributed by atoms with Crippen molar-refractivity contribution in [2.75, 3.05) is 6.61 Å². The molecule has 1 heterocycles. The molecule has 0 saturated carbocycles. The molecule has 5 nitrogen and oxygen atoms in total. The molecular weight excluding hydrogens is 437 g/mol. The maximum absolute atomic E-state index is 13.5. The van der Waals surface area contributed by atoms with Gasteiger partial charge >= 0.3 is 5.97 Å². The minimum absolute atomic E-state index is 0.223. The first-order valence-corrected chi connectivity index (χ1v) is 10.9. The van der Waals surface area contributed by atoms with Gasteiger partial charge in [0.2, 0.25) is 0 Å². The Kier molecular flexibility index (Phi) is 7.76. The van der Waals surface area contributed by atoms with Gasteiger partial charge in [0.1, 0.15) is 18.2 Å². The maximum atomic E-state index is 13.5. The molecule has 1 aliphatic rings. The molecule has 7 heteroatoms. The largest absolute Gasteiger partial charge is 0.464 e. The van der Waals surface area contributed by atoms with Crippen LogP contribution in [0.4, 0.5) is 0 Å². The van der Waals surface area contributed by atoms with Gasteiger partial charge in [0.15, 0.2) is 0 Å². The van der Waals surface area contributed by atoms with Crippen LogP contribution >= 0.6 is 23.2 Å². The lowest BCUT2D eigenvalue weighted by molar-refractivity contribution is -0.184. The molecule has 164 valence electrons. The number of esters is 1. The zero-order valence-corrected chi connectivity index (χ0v) is 19.0. The van der Waals surface area contributed by atoms with Crippen LogP contribution in [0.15, 0.2) is 61.2 Å². The predicted octanol–water partition coefficient (Wildman–Crippen LogP) is 5.53. The standard InChI is InChI=1S/C24H25Cl2NO4/c1-4-7-20-23(28)27(15(3)24(29)30-5-2)21(16-10-12-18(25)13-11-16)22(31-20)17-8-6-9-19(26)14-17/h4,6,8-15,20-22H,1,5,7H2,2-3H3/t15-,20+,21-,22+/m1/s1. The van der Waals surface area contributed by atoms with Crippen LogP contribution in [-0.2, 0) is 19.1 Å². The molecular formula is C24H25Cl2NO4. The van der Waals surface area contributed by atoms with Crippen LogP contribution in [-0.4, -0.2) is 35.5 Å². The fourth-order valence-electron chi connectivity index (χ4n) is 3.81. The van der Waals surface area contributed by atoms with Crippen LogP contribution < -0.4 is 0 Å². The van der Waals surface area contributed by atoms with Gasteiger partial charge < -0.3 is 14.4 Å². The SMILES string of the molecule is C=CC[C@@H]1O[C@@H](c2cccc(Cl)c2)[C@@H](c2ccc(Cl)cc2)N([C@H](C)C(=O)OCC)C1=O. The number of carbonyl (C=O) groups excluding carboxylic acids is 2. The summed E-state index contributed by atoms with van der Waals surface area (Å²) < 4.78 is 11.5. The van der Waals surface area contributed by atoms with E-state index in [-0.39, 0.29) is 12.5 Å². The summed E-state index contributed by atoms with van der Waals surface area (Å²) >= 11 is 12.3. The highest BCUT2D eigenvalue weighted by Crippen LogP contribution is 2.44. The van der Waals surface area contributed by atoms with E-state index < -0.39 is 30.3 Å². The zero-order valence-electron chi connectivity index (χ0n) is 17.5. The molecule has 4 atom stereocenters. The van der Waals surface area contributed by atoms with Crippen LogP contribution in [0.2, 0.25) is 10.0 Å². The third-order valence-electron chi connectivity index (χ3n) is 5.24. The van der Waals surface area contributed by atoms with Gasteiger partial charge in [-0.15, -0.1) is 6.58 Å². The van der Waals surface area contributed by atoms with Gasteiger partial charge in [0.25, 0.3) is 5.91 Å². The van der Waals surface area contributed by atoms with E-state index in [9.17, 15) is 9.59 Å². The van der Waals surface area contributed by atoms with Gasteiger partial charge in [0.05, 0.1) is 12.6 Å². The van der Waals surface area contributed by atoms with Crippen molar-refractivity contribution >= 4 is 35.1 Å². The summed E-state index contributed by atoms with van der Waals surface area (Å²) in [7, 11) is 0. The van der Waals surface area contributed by atoms with Crippen LogP contribution in [0.3, 0.4) is 0 Å². The molecule has 0 aromatic heterocycles. The lowest BCUT2D eigenvalue weighted by Gasteiger charge is -2.46. The number of benzene rings is 2. The normalized spacial score (nSPS) is 22.1. The molecule has 0 aliphatic carbocycles. The third kappa shape index (κ3) is 5.12. The summed E-state index contributed by atoms with van der Waals surface area (Å²) in [5.41, 5.74) is 1.59. The molecule has 0 radical (unpaired) electrons. The Hall–Kier alpha value is -2.34. The zero-order chi connectivity index (χ0) is 22.5. The Morgan fingerprint density at radius 3 is 2.52 bits per heavy atom. The van der Waals surface area contributed by atoms with Gasteiger partial charge in [-0.1, -0.05) is 53.5 Å². The second-order valence-electron chi connectivity index (χ2n) is 7.29. The van der Waals surface area contributed by atoms with Crippen LogP contribution in [0.5, 0.6) is 0 Å². The van der Waals surface area contributed by atoms with Gasteiger partial charge in [-0.2, -0.15) is 0 Å². The van der Waals surface area contributed by atoms with E-state index in [2.05, 4.69) is 6.58 Å². The fraction of sp³-hybridized carbons (Fsp3) is 0.333. The summed E-state index contributed by atoms with van der Waals surface area (Å²) in [6, 6.07) is 13.1. The highest BCUT2D eigenvalue weighted by molar-refractivity contribution is 6.30. The highest BCUT2D eigenvalue weighted by Gasteiger charge is 2.47. The molecule has 31 heavy (non-hydrogen) atoms. The van der Waals surface area contributed by atoms with E-state index in [4.69, 9.17) is 32.7 Å².